The van der Waals surface area contributed by atoms with Gasteiger partial charge in [-0.1, -0.05) is 18.6 Å². The van der Waals surface area contributed by atoms with Crippen LogP contribution in [-0.4, -0.2) is 56.1 Å². The van der Waals surface area contributed by atoms with Gasteiger partial charge in [-0.15, -0.1) is 0 Å². The fourth-order valence-electron chi connectivity index (χ4n) is 3.89. The predicted octanol–water partition coefficient (Wildman–Crippen LogP) is 2.25. The van der Waals surface area contributed by atoms with Gasteiger partial charge in [-0.25, -0.2) is 4.98 Å². The van der Waals surface area contributed by atoms with Crippen molar-refractivity contribution in [3.05, 3.63) is 34.6 Å². The van der Waals surface area contributed by atoms with E-state index in [9.17, 15) is 9.36 Å². The molecule has 3 N–H and O–H groups in total. The Labute approximate surface area is 164 Å². The first-order valence-corrected chi connectivity index (χ1v) is 11.6. The van der Waals surface area contributed by atoms with Crippen LogP contribution in [-0.2, 0) is 11.1 Å². The van der Waals surface area contributed by atoms with Crippen molar-refractivity contribution >= 4 is 24.4 Å². The molecule has 2 atom stereocenters. The van der Waals surface area contributed by atoms with E-state index in [1.807, 2.05) is 24.3 Å². The van der Waals surface area contributed by atoms with E-state index < -0.39 is 7.60 Å². The summed E-state index contributed by atoms with van der Waals surface area (Å²) in [7, 11) is -1.98. The van der Waals surface area contributed by atoms with Gasteiger partial charge in [-0.3, -0.25) is 9.36 Å². The molecule has 1 fully saturated rings. The summed E-state index contributed by atoms with van der Waals surface area (Å²) >= 11 is 0. The van der Waals surface area contributed by atoms with Crippen molar-refractivity contribution in [2.45, 2.75) is 51.2 Å². The fourth-order valence-corrected chi connectivity index (χ4v) is 4.29. The number of benzene rings is 1. The van der Waals surface area contributed by atoms with Gasteiger partial charge in [0.2, 0.25) is 0 Å². The van der Waals surface area contributed by atoms with Crippen LogP contribution < -0.4 is 10.9 Å². The van der Waals surface area contributed by atoms with Gasteiger partial charge in [0.1, 0.15) is 0 Å². The minimum absolute atomic E-state index is 0.00621. The molecular weight excluding hydrogens is 379 g/mol. The molecule has 1 aromatic carbocycles. The van der Waals surface area contributed by atoms with E-state index in [1.165, 1.54) is 12.8 Å². The third-order valence-electron chi connectivity index (χ3n) is 5.66. The maximum atomic E-state index is 13.0. The van der Waals surface area contributed by atoms with Gasteiger partial charge >= 0.3 is 7.60 Å². The van der Waals surface area contributed by atoms with Gasteiger partial charge in [0.15, 0.2) is 5.82 Å². The van der Waals surface area contributed by atoms with Crippen molar-refractivity contribution < 1.29 is 14.4 Å². The second kappa shape index (κ2) is 8.74. The molecule has 154 valence electrons. The van der Waals surface area contributed by atoms with E-state index in [2.05, 4.69) is 29.2 Å². The molecule has 1 aliphatic rings. The molecule has 28 heavy (non-hydrogen) atoms. The van der Waals surface area contributed by atoms with E-state index in [0.717, 1.165) is 18.4 Å². The van der Waals surface area contributed by atoms with Crippen molar-refractivity contribution in [2.24, 2.45) is 0 Å². The SMILES string of the molecule is C[C@H]1CCC[C@@H](CCn2c(=O)c(NCCP(=O)(O)O)nc3ccccc32)N1C. The monoisotopic (exact) mass is 408 g/mol. The number of piperidine rings is 1. The highest BCUT2D eigenvalue weighted by molar-refractivity contribution is 7.51. The zero-order valence-electron chi connectivity index (χ0n) is 16.4. The molecule has 1 saturated heterocycles. The summed E-state index contributed by atoms with van der Waals surface area (Å²) in [6.45, 7) is 2.81. The Hall–Kier alpha value is -1.73. The number of hydrogen-bond donors (Lipinski definition) is 3. The molecular formula is C19H29N4O4P. The Morgan fingerprint density at radius 1 is 1.29 bits per heavy atom. The highest BCUT2D eigenvalue weighted by Crippen LogP contribution is 2.33. The highest BCUT2D eigenvalue weighted by atomic mass is 31.2. The Kier molecular flexibility index (Phi) is 6.55. The first-order chi connectivity index (χ1) is 13.3. The van der Waals surface area contributed by atoms with Crippen LogP contribution in [0.2, 0.25) is 0 Å². The Bertz CT molecular complexity index is 926. The summed E-state index contributed by atoms with van der Waals surface area (Å²) in [5.74, 6) is 0.137. The Morgan fingerprint density at radius 2 is 2.04 bits per heavy atom. The fraction of sp³-hybridized carbons (Fsp3) is 0.579. The maximum absolute atomic E-state index is 13.0. The average Bonchev–Trinajstić information content (AvgIpc) is 2.64. The zero-order valence-corrected chi connectivity index (χ0v) is 17.3. The molecule has 0 bridgehead atoms. The van der Waals surface area contributed by atoms with E-state index >= 15 is 0 Å². The molecule has 0 aliphatic carbocycles. The van der Waals surface area contributed by atoms with Crippen LogP contribution in [0.3, 0.4) is 0 Å². The van der Waals surface area contributed by atoms with E-state index in [1.54, 1.807) is 4.57 Å². The van der Waals surface area contributed by atoms with Crippen LogP contribution in [0, 0.1) is 0 Å². The minimum Gasteiger partial charge on any atom is -0.365 e. The zero-order chi connectivity index (χ0) is 20.3. The van der Waals surface area contributed by atoms with Crippen molar-refractivity contribution in [3.8, 4) is 0 Å². The number of para-hydroxylation sites is 2. The lowest BCUT2D eigenvalue weighted by atomic mass is 9.95. The summed E-state index contributed by atoms with van der Waals surface area (Å²) in [5, 5.41) is 2.81. The quantitative estimate of drug-likeness (QED) is 0.603. The van der Waals surface area contributed by atoms with Crippen molar-refractivity contribution in [2.75, 3.05) is 25.1 Å². The van der Waals surface area contributed by atoms with Gasteiger partial charge < -0.3 is 24.6 Å². The second-order valence-electron chi connectivity index (χ2n) is 7.61. The van der Waals surface area contributed by atoms with Crippen LogP contribution in [0.25, 0.3) is 11.0 Å². The first-order valence-electron chi connectivity index (χ1n) is 9.76. The normalized spacial score (nSPS) is 21.1. The maximum Gasteiger partial charge on any atom is 0.327 e. The van der Waals surface area contributed by atoms with E-state index in [-0.39, 0.29) is 24.1 Å². The summed E-state index contributed by atoms with van der Waals surface area (Å²) in [6.07, 6.45) is 4.07. The minimum atomic E-state index is -4.13. The molecule has 2 aromatic rings. The third-order valence-corrected chi connectivity index (χ3v) is 6.47. The van der Waals surface area contributed by atoms with Crippen molar-refractivity contribution in [3.63, 3.8) is 0 Å². The molecule has 8 nitrogen and oxygen atoms in total. The second-order valence-corrected chi connectivity index (χ2v) is 9.39. The van der Waals surface area contributed by atoms with E-state index in [0.29, 0.717) is 24.1 Å². The number of nitrogens with one attached hydrogen (secondary N) is 1. The summed E-state index contributed by atoms with van der Waals surface area (Å²) in [4.78, 5) is 37.8. The van der Waals surface area contributed by atoms with Gasteiger partial charge in [0.25, 0.3) is 5.56 Å². The number of fused-ring (bicyclic) bond motifs is 1. The highest BCUT2D eigenvalue weighted by Gasteiger charge is 2.24. The largest absolute Gasteiger partial charge is 0.365 e. The van der Waals surface area contributed by atoms with Crippen LogP contribution >= 0.6 is 7.60 Å². The number of aromatic nitrogens is 2. The molecule has 2 heterocycles. The van der Waals surface area contributed by atoms with Gasteiger partial charge in [-0.2, -0.15) is 0 Å². The van der Waals surface area contributed by atoms with Crippen molar-refractivity contribution in [1.82, 2.24) is 14.5 Å². The lowest BCUT2D eigenvalue weighted by molar-refractivity contribution is 0.116. The predicted molar refractivity (Wildman–Crippen MR) is 111 cm³/mol. The van der Waals surface area contributed by atoms with E-state index in [4.69, 9.17) is 9.79 Å². The van der Waals surface area contributed by atoms with Gasteiger partial charge in [0.05, 0.1) is 17.2 Å². The molecule has 0 saturated carbocycles. The average molecular weight is 408 g/mol. The smallest absolute Gasteiger partial charge is 0.327 e. The lowest BCUT2D eigenvalue weighted by Crippen LogP contribution is -2.43. The first kappa shape index (κ1) is 21.0. The number of aryl methyl sites for hydroxylation is 1. The standard InChI is InChI=1S/C19H29N4O4P/c1-14-6-5-7-15(22(14)2)10-12-23-17-9-4-3-8-16(17)21-18(19(23)24)20-11-13-28(25,26)27/h3-4,8-9,14-15H,5-7,10-13H2,1-2H3,(H,20,21)(H2,25,26,27)/t14-,15-/m0/s1. The number of anilines is 1. The van der Waals surface area contributed by atoms with Gasteiger partial charge in [0, 0.05) is 25.2 Å². The summed E-state index contributed by atoms with van der Waals surface area (Å²) < 4.78 is 12.8. The third kappa shape index (κ3) is 5.00. The lowest BCUT2D eigenvalue weighted by Gasteiger charge is -2.38. The molecule has 0 amide bonds. The molecule has 0 spiro atoms. The van der Waals surface area contributed by atoms with Gasteiger partial charge in [-0.05, 0) is 45.4 Å². The summed E-state index contributed by atoms with van der Waals surface area (Å²) in [6, 6.07) is 8.46. The van der Waals surface area contributed by atoms with Crippen molar-refractivity contribution in [1.29, 1.82) is 0 Å². The molecule has 1 aliphatic heterocycles. The number of likely N-dealkylation sites (tertiary alicyclic amines) is 1. The number of rotatable bonds is 7. The topological polar surface area (TPSA) is 108 Å². The number of nitrogens with zero attached hydrogens (tertiary/aromatic N) is 3. The van der Waals surface area contributed by atoms with Crippen LogP contribution in [0.1, 0.15) is 32.6 Å². The number of hydrogen-bond acceptors (Lipinski definition) is 5. The van der Waals surface area contributed by atoms with Crippen LogP contribution in [0.15, 0.2) is 29.1 Å². The molecule has 0 unspecified atom stereocenters. The molecule has 3 rings (SSSR count). The summed E-state index contributed by atoms with van der Waals surface area (Å²) in [5.41, 5.74) is 1.21. The molecule has 1 aromatic heterocycles. The Morgan fingerprint density at radius 3 is 2.79 bits per heavy atom. The molecule has 9 heteroatoms. The molecule has 0 radical (unpaired) electrons. The van der Waals surface area contributed by atoms with Crippen LogP contribution in [0.4, 0.5) is 5.82 Å². The Balaban J connectivity index is 1.84. The van der Waals surface area contributed by atoms with Crippen LogP contribution in [0.5, 0.6) is 0 Å².